The minimum absolute atomic E-state index is 0. The first-order valence-corrected chi connectivity index (χ1v) is 9.19. The maximum absolute atomic E-state index is 4.33. The fourth-order valence-electron chi connectivity index (χ4n) is 3.26. The van der Waals surface area contributed by atoms with E-state index in [2.05, 4.69) is 69.7 Å². The van der Waals surface area contributed by atoms with E-state index in [0.717, 1.165) is 38.6 Å². The van der Waals surface area contributed by atoms with E-state index >= 15 is 0 Å². The molecular weight excluding hydrogens is 425 g/mol. The van der Waals surface area contributed by atoms with Crippen molar-refractivity contribution in [2.75, 3.05) is 51.7 Å². The molecule has 1 unspecified atom stereocenters. The topological polar surface area (TPSA) is 42.9 Å². The maximum atomic E-state index is 4.33. The smallest absolute Gasteiger partial charge is 0.191 e. The van der Waals surface area contributed by atoms with E-state index in [1.807, 2.05) is 7.05 Å². The molecule has 2 rings (SSSR count). The molecule has 5 nitrogen and oxygen atoms in total. The lowest BCUT2D eigenvalue weighted by atomic mass is 10.2. The van der Waals surface area contributed by atoms with Crippen LogP contribution in [0.1, 0.15) is 26.2 Å². The standard InChI is InChI=1S/C19H33N5.HI/c1-4-24(17-10-6-5-7-11-17)15-9-13-21-19(20-2)22-16-18-12-8-14-23(18)3;/h5-7,10-11,18H,4,8-9,12-16H2,1-3H3,(H2,20,21,22);1H. The molecule has 1 aliphatic heterocycles. The van der Waals surface area contributed by atoms with Gasteiger partial charge in [-0.2, -0.15) is 0 Å². The molecule has 6 heteroatoms. The number of halogens is 1. The van der Waals surface area contributed by atoms with Crippen molar-refractivity contribution in [2.45, 2.75) is 32.2 Å². The first-order valence-electron chi connectivity index (χ1n) is 9.19. The molecule has 1 aromatic carbocycles. The monoisotopic (exact) mass is 459 g/mol. The molecule has 1 fully saturated rings. The highest BCUT2D eigenvalue weighted by molar-refractivity contribution is 14.0. The van der Waals surface area contributed by atoms with Crippen LogP contribution in [0.2, 0.25) is 0 Å². The van der Waals surface area contributed by atoms with Crippen molar-refractivity contribution in [3.8, 4) is 0 Å². The lowest BCUT2D eigenvalue weighted by molar-refractivity contribution is 0.309. The van der Waals surface area contributed by atoms with Crippen molar-refractivity contribution in [1.82, 2.24) is 15.5 Å². The summed E-state index contributed by atoms with van der Waals surface area (Å²) in [4.78, 5) is 9.17. The number of benzene rings is 1. The highest BCUT2D eigenvalue weighted by atomic mass is 127. The molecule has 1 heterocycles. The van der Waals surface area contributed by atoms with Gasteiger partial charge in [0.2, 0.25) is 0 Å². The van der Waals surface area contributed by atoms with Gasteiger partial charge in [0.1, 0.15) is 0 Å². The normalized spacial score (nSPS) is 17.9. The average Bonchev–Trinajstić information content (AvgIpc) is 3.03. The number of aliphatic imine (C=N–C) groups is 1. The number of hydrogen-bond acceptors (Lipinski definition) is 3. The second-order valence-electron chi connectivity index (χ2n) is 6.43. The molecule has 0 amide bonds. The number of anilines is 1. The van der Waals surface area contributed by atoms with Gasteiger partial charge in [-0.1, -0.05) is 18.2 Å². The predicted octanol–water partition coefficient (Wildman–Crippen LogP) is 2.78. The third-order valence-corrected chi connectivity index (χ3v) is 4.80. The summed E-state index contributed by atoms with van der Waals surface area (Å²) >= 11 is 0. The second kappa shape index (κ2) is 12.4. The van der Waals surface area contributed by atoms with E-state index < -0.39 is 0 Å². The van der Waals surface area contributed by atoms with Gasteiger partial charge in [-0.05, 0) is 51.9 Å². The second-order valence-corrected chi connectivity index (χ2v) is 6.43. The Bertz CT molecular complexity index is 494. The van der Waals surface area contributed by atoms with Gasteiger partial charge >= 0.3 is 0 Å². The van der Waals surface area contributed by atoms with E-state index in [9.17, 15) is 0 Å². The third-order valence-electron chi connectivity index (χ3n) is 4.80. The molecule has 1 aromatic rings. The van der Waals surface area contributed by atoms with Gasteiger partial charge in [-0.3, -0.25) is 4.99 Å². The Morgan fingerprint density at radius 2 is 2.04 bits per heavy atom. The van der Waals surface area contributed by atoms with Crippen molar-refractivity contribution in [3.05, 3.63) is 30.3 Å². The first-order chi connectivity index (χ1) is 11.7. The van der Waals surface area contributed by atoms with Crippen molar-refractivity contribution < 1.29 is 0 Å². The lowest BCUT2D eigenvalue weighted by Gasteiger charge is -2.24. The minimum atomic E-state index is 0. The van der Waals surface area contributed by atoms with Gasteiger partial charge < -0.3 is 20.4 Å². The molecule has 0 saturated carbocycles. The van der Waals surface area contributed by atoms with Crippen LogP contribution in [0.4, 0.5) is 5.69 Å². The van der Waals surface area contributed by atoms with Crippen LogP contribution >= 0.6 is 24.0 Å². The van der Waals surface area contributed by atoms with Gasteiger partial charge in [0.25, 0.3) is 0 Å². The molecule has 1 aliphatic rings. The van der Waals surface area contributed by atoms with Crippen LogP contribution in [-0.4, -0.2) is 63.7 Å². The summed E-state index contributed by atoms with van der Waals surface area (Å²) in [5, 5.41) is 6.89. The molecule has 142 valence electrons. The van der Waals surface area contributed by atoms with E-state index in [1.54, 1.807) is 0 Å². The molecule has 25 heavy (non-hydrogen) atoms. The quantitative estimate of drug-likeness (QED) is 0.272. The molecule has 0 bridgehead atoms. The Balaban J connectivity index is 0.00000312. The Labute approximate surface area is 170 Å². The van der Waals surface area contributed by atoms with Crippen LogP contribution in [0.3, 0.4) is 0 Å². The Morgan fingerprint density at radius 1 is 1.28 bits per heavy atom. The van der Waals surface area contributed by atoms with E-state index in [0.29, 0.717) is 6.04 Å². The van der Waals surface area contributed by atoms with E-state index in [-0.39, 0.29) is 24.0 Å². The summed E-state index contributed by atoms with van der Waals surface area (Å²) < 4.78 is 0. The molecule has 2 N–H and O–H groups in total. The number of para-hydroxylation sites is 1. The van der Waals surface area contributed by atoms with Crippen molar-refractivity contribution in [1.29, 1.82) is 0 Å². The molecule has 1 atom stereocenters. The summed E-state index contributed by atoms with van der Waals surface area (Å²) in [5.41, 5.74) is 1.30. The average molecular weight is 459 g/mol. The van der Waals surface area contributed by atoms with Crippen LogP contribution in [-0.2, 0) is 0 Å². The Kier molecular flexibility index (Phi) is 10.9. The summed E-state index contributed by atoms with van der Waals surface area (Å²) in [6, 6.07) is 11.3. The van der Waals surface area contributed by atoms with Crippen LogP contribution in [0.5, 0.6) is 0 Å². The summed E-state index contributed by atoms with van der Waals surface area (Å²) in [6.07, 6.45) is 3.68. The SMILES string of the molecule is CCN(CCCNC(=NC)NCC1CCCN1C)c1ccccc1.I. The number of likely N-dealkylation sites (tertiary alicyclic amines) is 1. The van der Waals surface area contributed by atoms with Crippen molar-refractivity contribution in [3.63, 3.8) is 0 Å². The van der Waals surface area contributed by atoms with Gasteiger partial charge in [0.15, 0.2) is 5.96 Å². The van der Waals surface area contributed by atoms with Crippen molar-refractivity contribution in [2.24, 2.45) is 4.99 Å². The Hall–Kier alpha value is -1.02. The molecule has 0 aliphatic carbocycles. The lowest BCUT2D eigenvalue weighted by Crippen LogP contribution is -2.44. The number of nitrogens with one attached hydrogen (secondary N) is 2. The van der Waals surface area contributed by atoms with E-state index in [1.165, 1.54) is 25.1 Å². The number of likely N-dealkylation sites (N-methyl/N-ethyl adjacent to an activating group) is 1. The van der Waals surface area contributed by atoms with Gasteiger partial charge in [0, 0.05) is 45.0 Å². The highest BCUT2D eigenvalue weighted by Crippen LogP contribution is 2.13. The van der Waals surface area contributed by atoms with Gasteiger partial charge in [-0.25, -0.2) is 0 Å². The largest absolute Gasteiger partial charge is 0.372 e. The number of nitrogens with zero attached hydrogens (tertiary/aromatic N) is 3. The number of rotatable bonds is 8. The fourth-order valence-corrected chi connectivity index (χ4v) is 3.26. The summed E-state index contributed by atoms with van der Waals surface area (Å²) in [7, 11) is 4.05. The number of guanidine groups is 1. The predicted molar refractivity (Wildman–Crippen MR) is 119 cm³/mol. The summed E-state index contributed by atoms with van der Waals surface area (Å²) in [5.74, 6) is 0.915. The molecule has 0 aromatic heterocycles. The zero-order chi connectivity index (χ0) is 17.2. The van der Waals surface area contributed by atoms with Crippen LogP contribution in [0, 0.1) is 0 Å². The van der Waals surface area contributed by atoms with Crippen LogP contribution < -0.4 is 15.5 Å². The third kappa shape index (κ3) is 7.40. The van der Waals surface area contributed by atoms with E-state index in [4.69, 9.17) is 0 Å². The zero-order valence-electron chi connectivity index (χ0n) is 15.9. The van der Waals surface area contributed by atoms with Crippen LogP contribution in [0.25, 0.3) is 0 Å². The van der Waals surface area contributed by atoms with Gasteiger partial charge in [0.05, 0.1) is 0 Å². The summed E-state index contributed by atoms with van der Waals surface area (Å²) in [6.45, 7) is 7.41. The molecule has 0 spiro atoms. The van der Waals surface area contributed by atoms with Gasteiger partial charge in [-0.15, -0.1) is 24.0 Å². The highest BCUT2D eigenvalue weighted by Gasteiger charge is 2.20. The fraction of sp³-hybridized carbons (Fsp3) is 0.632. The van der Waals surface area contributed by atoms with Crippen molar-refractivity contribution >= 4 is 35.6 Å². The number of hydrogen-bond donors (Lipinski definition) is 2. The maximum Gasteiger partial charge on any atom is 0.191 e. The molecular formula is C19H34IN5. The molecule has 0 radical (unpaired) electrons. The Morgan fingerprint density at radius 3 is 2.64 bits per heavy atom. The van der Waals surface area contributed by atoms with Crippen LogP contribution in [0.15, 0.2) is 35.3 Å². The zero-order valence-corrected chi connectivity index (χ0v) is 18.2. The minimum Gasteiger partial charge on any atom is -0.372 e. The molecule has 1 saturated heterocycles. The first kappa shape index (κ1) is 22.0.